The van der Waals surface area contributed by atoms with E-state index in [9.17, 15) is 23.5 Å². The second-order valence-corrected chi connectivity index (χ2v) is 9.92. The Balaban J connectivity index is 1.79. The highest BCUT2D eigenvalue weighted by molar-refractivity contribution is 5.96. The number of hydrogen-bond acceptors (Lipinski definition) is 4. The highest BCUT2D eigenvalue weighted by Gasteiger charge is 2.41. The summed E-state index contributed by atoms with van der Waals surface area (Å²) in [6, 6.07) is 4.87. The van der Waals surface area contributed by atoms with Crippen LogP contribution in [-0.2, 0) is 6.42 Å². The molecule has 2 aliphatic heterocycles. The largest absolute Gasteiger partial charge is 0.477 e. The number of para-hydroxylation sites is 1. The van der Waals surface area contributed by atoms with Crippen LogP contribution < -0.4 is 10.3 Å². The molecule has 0 spiro atoms. The zero-order valence-corrected chi connectivity index (χ0v) is 18.4. The number of carboxylic acid groups (broad SMARTS) is 1. The van der Waals surface area contributed by atoms with Crippen molar-refractivity contribution in [2.24, 2.45) is 5.41 Å². The number of benzene rings is 1. The Bertz CT molecular complexity index is 1370. The molecule has 0 radical (unpaired) electrons. The van der Waals surface area contributed by atoms with Gasteiger partial charge in [-0.3, -0.25) is 4.79 Å². The fraction of sp³-hybridized carbons (Fsp3) is 0.417. The zero-order chi connectivity index (χ0) is 23.9. The fourth-order valence-electron chi connectivity index (χ4n) is 4.97. The summed E-state index contributed by atoms with van der Waals surface area (Å²) < 4.78 is 50.7. The number of furan rings is 1. The summed E-state index contributed by atoms with van der Waals surface area (Å²) in [5, 5.41) is 10.1. The van der Waals surface area contributed by atoms with Crippen LogP contribution in [0.3, 0.4) is 0 Å². The van der Waals surface area contributed by atoms with Gasteiger partial charge in [0.2, 0.25) is 5.43 Å². The molecule has 2 aromatic heterocycles. The van der Waals surface area contributed by atoms with Crippen molar-refractivity contribution in [2.45, 2.75) is 45.6 Å². The Morgan fingerprint density at radius 2 is 2.00 bits per heavy atom. The van der Waals surface area contributed by atoms with Crippen LogP contribution in [0.4, 0.5) is 18.9 Å². The monoisotopic (exact) mass is 460 g/mol. The van der Waals surface area contributed by atoms with E-state index in [1.807, 2.05) is 20.8 Å². The number of carbonyl (C=O) groups is 1. The van der Waals surface area contributed by atoms with Gasteiger partial charge in [0.25, 0.3) is 5.92 Å². The Morgan fingerprint density at radius 1 is 1.27 bits per heavy atom. The first-order chi connectivity index (χ1) is 15.4. The molecule has 0 aliphatic carbocycles. The van der Waals surface area contributed by atoms with Gasteiger partial charge < -0.3 is 19.0 Å². The first kappa shape index (κ1) is 21.6. The molecule has 9 heteroatoms. The number of carboxylic acids is 1. The number of aromatic nitrogens is 1. The summed E-state index contributed by atoms with van der Waals surface area (Å²) in [6.45, 7) is 5.57. The Kier molecular flexibility index (Phi) is 4.51. The second kappa shape index (κ2) is 6.88. The molecule has 0 bridgehead atoms. The average Bonchev–Trinajstić information content (AvgIpc) is 3.28. The van der Waals surface area contributed by atoms with Gasteiger partial charge in [-0.25, -0.2) is 18.0 Å². The van der Waals surface area contributed by atoms with Crippen molar-refractivity contribution in [3.63, 3.8) is 0 Å². The van der Waals surface area contributed by atoms with Gasteiger partial charge in [-0.2, -0.15) is 0 Å². The average molecular weight is 460 g/mol. The molecule has 2 aliphatic rings. The minimum Gasteiger partial charge on any atom is -0.477 e. The number of fused-ring (bicyclic) bond motifs is 5. The lowest BCUT2D eigenvalue weighted by molar-refractivity contribution is 0.0257. The van der Waals surface area contributed by atoms with Crippen LogP contribution in [0.1, 0.15) is 49.2 Å². The van der Waals surface area contributed by atoms with E-state index < -0.39 is 40.7 Å². The lowest BCUT2D eigenvalue weighted by atomic mass is 9.79. The maximum atomic E-state index is 15.4. The number of aromatic carboxylic acids is 1. The first-order valence-electron chi connectivity index (χ1n) is 10.7. The fourth-order valence-corrected chi connectivity index (χ4v) is 4.97. The molecule has 1 saturated heterocycles. The number of alkyl halides is 2. The molecule has 1 fully saturated rings. The first-order valence-corrected chi connectivity index (χ1v) is 10.7. The molecule has 33 heavy (non-hydrogen) atoms. The topological polar surface area (TPSA) is 75.7 Å². The lowest BCUT2D eigenvalue weighted by Crippen LogP contribution is -2.34. The van der Waals surface area contributed by atoms with Crippen LogP contribution in [0.25, 0.3) is 22.4 Å². The summed E-state index contributed by atoms with van der Waals surface area (Å²) in [5.74, 6) is -5.37. The molecule has 1 N–H and O–H groups in total. The number of rotatable bonds is 2. The third-order valence-electron chi connectivity index (χ3n) is 6.66. The molecule has 0 saturated carbocycles. The predicted molar refractivity (Wildman–Crippen MR) is 117 cm³/mol. The lowest BCUT2D eigenvalue weighted by Gasteiger charge is -2.37. The van der Waals surface area contributed by atoms with Crippen LogP contribution in [0.2, 0.25) is 0 Å². The van der Waals surface area contributed by atoms with Crippen LogP contribution in [0, 0.1) is 11.2 Å². The van der Waals surface area contributed by atoms with Crippen LogP contribution in [-0.4, -0.2) is 34.7 Å². The smallest absolute Gasteiger partial charge is 0.341 e. The normalized spacial score (nSPS) is 19.6. The summed E-state index contributed by atoms with van der Waals surface area (Å²) in [6.07, 6.45) is 1.32. The highest BCUT2D eigenvalue weighted by atomic mass is 19.3. The van der Waals surface area contributed by atoms with Gasteiger partial charge in [0.05, 0.1) is 12.2 Å². The molecule has 6 nitrogen and oxygen atoms in total. The predicted octanol–water partition coefficient (Wildman–Crippen LogP) is 5.09. The van der Waals surface area contributed by atoms with Crippen molar-refractivity contribution in [1.82, 2.24) is 4.57 Å². The molecule has 1 atom stereocenters. The van der Waals surface area contributed by atoms with E-state index in [1.165, 1.54) is 10.8 Å². The minimum absolute atomic E-state index is 0.111. The number of anilines is 1. The van der Waals surface area contributed by atoms with Crippen molar-refractivity contribution >= 4 is 22.6 Å². The van der Waals surface area contributed by atoms with Crippen molar-refractivity contribution in [2.75, 3.05) is 18.0 Å². The van der Waals surface area contributed by atoms with Crippen LogP contribution >= 0.6 is 0 Å². The van der Waals surface area contributed by atoms with Gasteiger partial charge in [-0.15, -0.1) is 0 Å². The summed E-state index contributed by atoms with van der Waals surface area (Å²) >= 11 is 0. The van der Waals surface area contributed by atoms with E-state index in [0.717, 1.165) is 0 Å². The molecular formula is C24H23F3N2O4. The van der Waals surface area contributed by atoms with Crippen molar-refractivity contribution in [1.29, 1.82) is 0 Å². The van der Waals surface area contributed by atoms with E-state index in [-0.39, 0.29) is 30.5 Å². The Hall–Kier alpha value is -3.23. The minimum atomic E-state index is -2.80. The van der Waals surface area contributed by atoms with E-state index >= 15 is 4.39 Å². The molecule has 174 valence electrons. The molecule has 1 unspecified atom stereocenters. The van der Waals surface area contributed by atoms with Gasteiger partial charge >= 0.3 is 5.97 Å². The maximum Gasteiger partial charge on any atom is 0.341 e. The Morgan fingerprint density at radius 3 is 2.61 bits per heavy atom. The SMILES string of the molecule is CC(C)(C)C1Cc2c(oc3c(N4CCC(F)(F)C4)cccc23)-c2c(F)c(=O)c(C(=O)O)cn21. The van der Waals surface area contributed by atoms with Crippen LogP contribution in [0.15, 0.2) is 33.6 Å². The number of hydrogen-bond donors (Lipinski definition) is 1. The molecule has 3 aromatic rings. The third kappa shape index (κ3) is 3.24. The number of pyridine rings is 1. The van der Waals surface area contributed by atoms with Crippen molar-refractivity contribution < 1.29 is 27.5 Å². The quantitative estimate of drug-likeness (QED) is 0.577. The maximum absolute atomic E-state index is 15.4. The molecule has 5 rings (SSSR count). The summed E-state index contributed by atoms with van der Waals surface area (Å²) in [7, 11) is 0. The number of halogens is 3. The van der Waals surface area contributed by atoms with Gasteiger partial charge in [-0.05, 0) is 17.9 Å². The molecular weight excluding hydrogens is 437 g/mol. The molecule has 4 heterocycles. The van der Waals surface area contributed by atoms with Gasteiger partial charge in [0, 0.05) is 36.2 Å². The molecule has 1 aromatic carbocycles. The number of nitrogens with zero attached hydrogens (tertiary/aromatic N) is 2. The second-order valence-electron chi connectivity index (χ2n) is 9.92. The third-order valence-corrected chi connectivity index (χ3v) is 6.66. The van der Waals surface area contributed by atoms with Crippen molar-refractivity contribution in [3.05, 3.63) is 51.6 Å². The standard InChI is InChI=1S/C24H23F3N2O4/c1-23(2,3)16-9-13-12-5-4-6-15(28-8-7-24(26,27)11-28)20(12)33-21(13)18-17(25)19(30)14(22(31)32)10-29(16)18/h4-6,10,16H,7-9,11H2,1-3H3,(H,31,32). The van der Waals surface area contributed by atoms with E-state index in [1.54, 1.807) is 23.1 Å². The molecule has 0 amide bonds. The van der Waals surface area contributed by atoms with Gasteiger partial charge in [0.1, 0.15) is 11.3 Å². The van der Waals surface area contributed by atoms with Crippen molar-refractivity contribution in [3.8, 4) is 11.5 Å². The van der Waals surface area contributed by atoms with Gasteiger partial charge in [0.15, 0.2) is 17.2 Å². The van der Waals surface area contributed by atoms with E-state index in [2.05, 4.69) is 0 Å². The summed E-state index contributed by atoms with van der Waals surface area (Å²) in [5.41, 5.74) is -0.862. The highest BCUT2D eigenvalue weighted by Crippen LogP contribution is 2.48. The Labute approximate surface area is 187 Å². The zero-order valence-electron chi connectivity index (χ0n) is 18.4. The summed E-state index contributed by atoms with van der Waals surface area (Å²) in [4.78, 5) is 25.6. The van der Waals surface area contributed by atoms with E-state index in [4.69, 9.17) is 4.42 Å². The van der Waals surface area contributed by atoms with Gasteiger partial charge in [-0.1, -0.05) is 32.9 Å². The van der Waals surface area contributed by atoms with E-state index in [0.29, 0.717) is 28.6 Å². The van der Waals surface area contributed by atoms with Crippen LogP contribution in [0.5, 0.6) is 0 Å².